The number of para-hydroxylation sites is 1. The lowest BCUT2D eigenvalue weighted by molar-refractivity contribution is -0.134. The molecule has 0 saturated carbocycles. The van der Waals surface area contributed by atoms with Crippen molar-refractivity contribution in [3.8, 4) is 0 Å². The van der Waals surface area contributed by atoms with E-state index in [-0.39, 0.29) is 0 Å². The van der Waals surface area contributed by atoms with Crippen LogP contribution in [0.3, 0.4) is 0 Å². The molecule has 1 fully saturated rings. The Balaban J connectivity index is 0.000000333. The van der Waals surface area contributed by atoms with Gasteiger partial charge >= 0.3 is 11.9 Å². The number of carbonyl (C=O) groups is 2. The van der Waals surface area contributed by atoms with Crippen molar-refractivity contribution in [1.82, 2.24) is 9.80 Å². The monoisotopic (exact) mass is 367 g/mol. The van der Waals surface area contributed by atoms with Crippen LogP contribution in [-0.2, 0) is 9.59 Å². The number of aliphatic imine (C=N–C) groups is 1. The summed E-state index contributed by atoms with van der Waals surface area (Å²) < 4.78 is 0. The molecule has 1 aliphatic heterocycles. The van der Waals surface area contributed by atoms with Gasteiger partial charge in [-0.25, -0.2) is 14.6 Å². The number of alkyl halides is 1. The number of hydrogen-bond acceptors (Lipinski definition) is 3. The van der Waals surface area contributed by atoms with E-state index in [0.717, 1.165) is 24.6 Å². The molecule has 1 heterocycles. The van der Waals surface area contributed by atoms with E-state index < -0.39 is 11.9 Å². The lowest BCUT2D eigenvalue weighted by Gasteiger charge is -2.19. The number of guanidine groups is 1. The number of rotatable bonds is 5. The first kappa shape index (κ1) is 20.5. The number of aliphatic carboxylic acids is 2. The molecular weight excluding hydrogens is 346 g/mol. The topological polar surface area (TPSA) is 93.4 Å². The third-order valence-electron chi connectivity index (χ3n) is 3.49. The van der Waals surface area contributed by atoms with E-state index in [1.165, 1.54) is 0 Å². The number of halogens is 1. The molecule has 0 bridgehead atoms. The van der Waals surface area contributed by atoms with Gasteiger partial charge in [-0.15, -0.1) is 11.6 Å². The Hall–Kier alpha value is -2.54. The van der Waals surface area contributed by atoms with Crippen LogP contribution in [0, 0.1) is 0 Å². The second-order valence-corrected chi connectivity index (χ2v) is 5.76. The minimum Gasteiger partial charge on any atom is -0.478 e. The Bertz CT molecular complexity index is 618. The van der Waals surface area contributed by atoms with Gasteiger partial charge in [-0.3, -0.25) is 0 Å². The van der Waals surface area contributed by atoms with Crippen LogP contribution < -0.4 is 0 Å². The lowest BCUT2D eigenvalue weighted by atomic mass is 10.2. The highest BCUT2D eigenvalue weighted by atomic mass is 35.5. The molecule has 25 heavy (non-hydrogen) atoms. The minimum atomic E-state index is -1.26. The van der Waals surface area contributed by atoms with Crippen molar-refractivity contribution in [2.75, 3.05) is 26.5 Å². The first-order valence-electron chi connectivity index (χ1n) is 7.62. The highest BCUT2D eigenvalue weighted by Gasteiger charge is 2.29. The highest BCUT2D eigenvalue weighted by Crippen LogP contribution is 2.19. The molecule has 1 atom stereocenters. The van der Waals surface area contributed by atoms with Crippen LogP contribution in [0.25, 0.3) is 0 Å². The van der Waals surface area contributed by atoms with Crippen molar-refractivity contribution in [3.05, 3.63) is 42.5 Å². The molecular formula is C17H22ClN3O4. The average molecular weight is 368 g/mol. The summed E-state index contributed by atoms with van der Waals surface area (Å²) in [6.07, 6.45) is 2.11. The van der Waals surface area contributed by atoms with Crippen molar-refractivity contribution in [1.29, 1.82) is 0 Å². The summed E-state index contributed by atoms with van der Waals surface area (Å²) >= 11 is 5.82. The van der Waals surface area contributed by atoms with Crippen molar-refractivity contribution in [2.24, 2.45) is 4.99 Å². The highest BCUT2D eigenvalue weighted by molar-refractivity contribution is 6.17. The van der Waals surface area contributed by atoms with Crippen LogP contribution in [-0.4, -0.2) is 70.5 Å². The molecule has 1 aromatic carbocycles. The summed E-state index contributed by atoms with van der Waals surface area (Å²) in [7, 11) is 4.16. The molecule has 1 unspecified atom stereocenters. The second kappa shape index (κ2) is 10.4. The van der Waals surface area contributed by atoms with Gasteiger partial charge in [0, 0.05) is 38.7 Å². The Morgan fingerprint density at radius 2 is 1.76 bits per heavy atom. The number of hydrogen-bond donors (Lipinski definition) is 2. The summed E-state index contributed by atoms with van der Waals surface area (Å²) in [4.78, 5) is 28.2. The molecule has 2 rings (SSSR count). The van der Waals surface area contributed by atoms with Crippen LogP contribution in [0.2, 0.25) is 0 Å². The van der Waals surface area contributed by atoms with E-state index in [9.17, 15) is 9.59 Å². The Kier molecular flexibility index (Phi) is 8.49. The Morgan fingerprint density at radius 1 is 1.20 bits per heavy atom. The summed E-state index contributed by atoms with van der Waals surface area (Å²) in [5.41, 5.74) is 0.993. The number of nitrogens with zero attached hydrogens (tertiary/aromatic N) is 3. The quantitative estimate of drug-likeness (QED) is 0.612. The molecule has 8 heteroatoms. The van der Waals surface area contributed by atoms with Crippen molar-refractivity contribution in [3.63, 3.8) is 0 Å². The lowest BCUT2D eigenvalue weighted by Crippen LogP contribution is -2.31. The predicted octanol–water partition coefficient (Wildman–Crippen LogP) is 2.26. The normalized spacial score (nSPS) is 18.4. The van der Waals surface area contributed by atoms with Crippen molar-refractivity contribution < 1.29 is 19.8 Å². The van der Waals surface area contributed by atoms with Crippen LogP contribution in [0.4, 0.5) is 5.69 Å². The maximum atomic E-state index is 9.55. The number of benzene rings is 1. The third-order valence-corrected chi connectivity index (χ3v) is 3.70. The van der Waals surface area contributed by atoms with Gasteiger partial charge in [0.25, 0.3) is 0 Å². The first-order valence-corrected chi connectivity index (χ1v) is 8.16. The third kappa shape index (κ3) is 7.26. The van der Waals surface area contributed by atoms with Crippen LogP contribution in [0.1, 0.15) is 6.42 Å². The van der Waals surface area contributed by atoms with Gasteiger partial charge in [0.2, 0.25) is 5.96 Å². The minimum absolute atomic E-state index is 0.472. The Labute approximate surface area is 151 Å². The molecule has 0 amide bonds. The first-order chi connectivity index (χ1) is 11.8. The SMILES string of the molecule is CN1CC(CCCl)N(C)/C1=N\c1ccccc1.O=C(O)/C=C/C(=O)O. The zero-order valence-corrected chi connectivity index (χ0v) is 14.9. The standard InChI is InChI=1S/C13H18ClN3.C4H4O4/c1-16-10-12(8-9-14)17(2)13(16)15-11-6-4-3-5-7-11;5-3(6)1-2-4(7)8/h3-7,12H,8-10H2,1-2H3;1-2H,(H,5,6)(H,7,8)/b15-13-;2-1+. The molecule has 1 aromatic rings. The summed E-state index contributed by atoms with van der Waals surface area (Å²) in [6, 6.07) is 10.5. The summed E-state index contributed by atoms with van der Waals surface area (Å²) in [6.45, 7) is 0.995. The molecule has 2 N–H and O–H groups in total. The number of carboxylic acids is 2. The van der Waals surface area contributed by atoms with Crippen LogP contribution >= 0.6 is 11.6 Å². The largest absolute Gasteiger partial charge is 0.478 e. The van der Waals surface area contributed by atoms with Gasteiger partial charge in [0.05, 0.1) is 11.7 Å². The number of carboxylic acid groups (broad SMARTS) is 2. The zero-order chi connectivity index (χ0) is 18.8. The van der Waals surface area contributed by atoms with Gasteiger partial charge < -0.3 is 20.0 Å². The van der Waals surface area contributed by atoms with Gasteiger partial charge in [-0.1, -0.05) is 18.2 Å². The molecule has 1 saturated heterocycles. The molecule has 136 valence electrons. The van der Waals surface area contributed by atoms with E-state index in [1.54, 1.807) is 0 Å². The van der Waals surface area contributed by atoms with Crippen molar-refractivity contribution >= 4 is 35.2 Å². The molecule has 0 radical (unpaired) electrons. The van der Waals surface area contributed by atoms with Gasteiger partial charge in [-0.2, -0.15) is 0 Å². The van der Waals surface area contributed by atoms with Crippen LogP contribution in [0.15, 0.2) is 47.5 Å². The van der Waals surface area contributed by atoms with Gasteiger partial charge in [0.15, 0.2) is 0 Å². The molecule has 0 aromatic heterocycles. The van der Waals surface area contributed by atoms with Gasteiger partial charge in [-0.05, 0) is 18.6 Å². The average Bonchev–Trinajstić information content (AvgIpc) is 2.83. The van der Waals surface area contributed by atoms with E-state index in [4.69, 9.17) is 21.8 Å². The second-order valence-electron chi connectivity index (χ2n) is 5.38. The molecule has 0 aliphatic carbocycles. The molecule has 0 spiro atoms. The maximum Gasteiger partial charge on any atom is 0.328 e. The van der Waals surface area contributed by atoms with Gasteiger partial charge in [0.1, 0.15) is 0 Å². The number of likely N-dealkylation sites (N-methyl/N-ethyl adjacent to an activating group) is 2. The van der Waals surface area contributed by atoms with E-state index >= 15 is 0 Å². The fraction of sp³-hybridized carbons (Fsp3) is 0.353. The zero-order valence-electron chi connectivity index (χ0n) is 14.2. The van der Waals surface area contributed by atoms with Crippen molar-refractivity contribution in [2.45, 2.75) is 12.5 Å². The van der Waals surface area contributed by atoms with E-state index in [1.807, 2.05) is 30.3 Å². The predicted molar refractivity (Wildman–Crippen MR) is 97.5 cm³/mol. The molecule has 7 nitrogen and oxygen atoms in total. The van der Waals surface area contributed by atoms with E-state index in [2.05, 4.69) is 28.9 Å². The maximum absolute atomic E-state index is 9.55. The summed E-state index contributed by atoms with van der Waals surface area (Å²) in [5.74, 6) is -0.798. The fourth-order valence-corrected chi connectivity index (χ4v) is 2.54. The van der Waals surface area contributed by atoms with E-state index in [0.29, 0.717) is 24.1 Å². The molecule has 1 aliphatic rings. The summed E-state index contributed by atoms with van der Waals surface area (Å²) in [5, 5.41) is 15.6. The fourth-order valence-electron chi connectivity index (χ4n) is 2.29. The van der Waals surface area contributed by atoms with Crippen LogP contribution in [0.5, 0.6) is 0 Å². The Morgan fingerprint density at radius 3 is 2.24 bits per heavy atom. The smallest absolute Gasteiger partial charge is 0.328 e.